The number of hydrogen-bond acceptors (Lipinski definition) is 6. The van der Waals surface area contributed by atoms with E-state index in [9.17, 15) is 44.6 Å². The van der Waals surface area contributed by atoms with E-state index in [0.717, 1.165) is 36.4 Å². The summed E-state index contributed by atoms with van der Waals surface area (Å²) >= 11 is 11.7. The highest BCUT2D eigenvalue weighted by molar-refractivity contribution is 7.92. The summed E-state index contributed by atoms with van der Waals surface area (Å²) in [5, 5.41) is 21.0. The molecule has 2 saturated carbocycles. The maximum Gasteiger partial charge on any atom is 0.188 e. The Bertz CT molecular complexity index is 2100. The lowest BCUT2D eigenvalue weighted by molar-refractivity contribution is 0.145. The van der Waals surface area contributed by atoms with Crippen LogP contribution < -0.4 is 0 Å². The fourth-order valence-corrected chi connectivity index (χ4v) is 12.0. The highest BCUT2D eigenvalue weighted by atomic mass is 35.5. The number of halogens is 6. The monoisotopic (exact) mass is 800 g/mol. The molecule has 0 heterocycles. The normalized spacial score (nSPS) is 24.2. The smallest absolute Gasteiger partial charge is 0.188 e. The minimum atomic E-state index is -4.11. The van der Waals surface area contributed by atoms with E-state index in [1.807, 2.05) is 0 Å². The average Bonchev–Trinajstić information content (AvgIpc) is 3.44. The molecule has 52 heavy (non-hydrogen) atoms. The summed E-state index contributed by atoms with van der Waals surface area (Å²) in [6, 6.07) is 16.9. The summed E-state index contributed by atoms with van der Waals surface area (Å²) < 4.78 is 108. The first-order valence-corrected chi connectivity index (χ1v) is 20.5. The molecular formula is C38H38Cl2F4O6S2. The summed E-state index contributed by atoms with van der Waals surface area (Å²) in [4.78, 5) is -0.0263. The first-order chi connectivity index (χ1) is 24.5. The number of benzene rings is 4. The van der Waals surface area contributed by atoms with Gasteiger partial charge >= 0.3 is 0 Å². The second kappa shape index (κ2) is 16.2. The van der Waals surface area contributed by atoms with Crippen molar-refractivity contribution in [3.05, 3.63) is 129 Å². The Balaban J connectivity index is 0.000000201. The van der Waals surface area contributed by atoms with Gasteiger partial charge in [0.25, 0.3) is 0 Å². The Kier molecular flexibility index (Phi) is 12.5. The van der Waals surface area contributed by atoms with Crippen LogP contribution >= 0.6 is 23.2 Å². The highest BCUT2D eigenvalue weighted by Gasteiger charge is 2.50. The van der Waals surface area contributed by atoms with E-state index in [1.54, 1.807) is 0 Å². The zero-order chi connectivity index (χ0) is 37.9. The number of sulfone groups is 2. The van der Waals surface area contributed by atoms with Gasteiger partial charge in [-0.3, -0.25) is 0 Å². The van der Waals surface area contributed by atoms with Gasteiger partial charge in [-0.05, 0) is 136 Å². The van der Waals surface area contributed by atoms with Crippen LogP contribution in [0.5, 0.6) is 0 Å². The molecule has 0 radical (unpaired) electrons. The highest BCUT2D eigenvalue weighted by Crippen LogP contribution is 2.48. The van der Waals surface area contributed by atoms with Gasteiger partial charge in [0, 0.05) is 21.2 Å². The molecule has 2 fully saturated rings. The lowest BCUT2D eigenvalue weighted by Crippen LogP contribution is -2.39. The Hall–Kier alpha value is -3.00. The summed E-state index contributed by atoms with van der Waals surface area (Å²) in [7, 11) is -8.17. The van der Waals surface area contributed by atoms with E-state index in [4.69, 9.17) is 23.2 Å². The minimum Gasteiger partial charge on any atom is -0.393 e. The van der Waals surface area contributed by atoms with Crippen molar-refractivity contribution in [2.24, 2.45) is 0 Å². The molecule has 4 aromatic rings. The van der Waals surface area contributed by atoms with Crippen molar-refractivity contribution < 1.29 is 44.6 Å². The van der Waals surface area contributed by atoms with Crippen molar-refractivity contribution in [3.8, 4) is 0 Å². The molecular weight excluding hydrogens is 763 g/mol. The molecule has 0 saturated heterocycles. The van der Waals surface area contributed by atoms with Crippen LogP contribution in [-0.2, 0) is 29.2 Å². The van der Waals surface area contributed by atoms with E-state index >= 15 is 0 Å². The van der Waals surface area contributed by atoms with Gasteiger partial charge in [0.15, 0.2) is 19.7 Å². The van der Waals surface area contributed by atoms with Crippen LogP contribution in [0.2, 0.25) is 10.0 Å². The number of rotatable bonds is 6. The molecule has 2 N–H and O–H groups in total. The molecule has 4 aromatic carbocycles. The molecule has 2 unspecified atom stereocenters. The molecule has 6 nitrogen and oxygen atoms in total. The van der Waals surface area contributed by atoms with Crippen molar-refractivity contribution in [2.75, 3.05) is 0 Å². The summed E-state index contributed by atoms with van der Waals surface area (Å²) in [6.45, 7) is 0. The number of aliphatic hydroxyl groups excluding tert-OH is 2. The van der Waals surface area contributed by atoms with Gasteiger partial charge < -0.3 is 10.2 Å². The molecule has 2 aliphatic carbocycles. The first-order valence-electron chi connectivity index (χ1n) is 16.8. The zero-order valence-corrected chi connectivity index (χ0v) is 31.1. The Labute approximate surface area is 311 Å². The minimum absolute atomic E-state index is 0.00181. The van der Waals surface area contributed by atoms with Gasteiger partial charge in [0.2, 0.25) is 0 Å². The van der Waals surface area contributed by atoms with Gasteiger partial charge in [0.05, 0.1) is 22.0 Å². The Morgan fingerprint density at radius 1 is 0.538 bits per heavy atom. The van der Waals surface area contributed by atoms with E-state index in [2.05, 4.69) is 0 Å². The molecule has 0 amide bonds. The van der Waals surface area contributed by atoms with Gasteiger partial charge in [-0.15, -0.1) is 0 Å². The van der Waals surface area contributed by atoms with Crippen LogP contribution in [0.3, 0.4) is 0 Å². The van der Waals surface area contributed by atoms with Gasteiger partial charge in [0.1, 0.15) is 32.8 Å². The fraction of sp³-hybridized carbons (Fsp3) is 0.368. The molecule has 280 valence electrons. The average molecular weight is 802 g/mol. The van der Waals surface area contributed by atoms with Crippen molar-refractivity contribution in [3.63, 3.8) is 0 Å². The third-order valence-electron chi connectivity index (χ3n) is 10.0. The second-order valence-electron chi connectivity index (χ2n) is 13.3. The first kappa shape index (κ1) is 40.2. The van der Waals surface area contributed by atoms with Crippen LogP contribution in [0, 0.1) is 23.3 Å². The maximum absolute atomic E-state index is 14.6. The molecule has 14 heteroatoms. The summed E-state index contributed by atoms with van der Waals surface area (Å²) in [5.74, 6) is -2.97. The molecule has 0 aliphatic heterocycles. The Morgan fingerprint density at radius 2 is 0.981 bits per heavy atom. The van der Waals surface area contributed by atoms with Crippen LogP contribution in [0.4, 0.5) is 17.6 Å². The maximum atomic E-state index is 14.6. The van der Waals surface area contributed by atoms with E-state index in [1.165, 1.54) is 48.5 Å². The predicted octanol–water partition coefficient (Wildman–Crippen LogP) is 9.22. The summed E-state index contributed by atoms with van der Waals surface area (Å²) in [5.41, 5.74) is -0.407. The SMILES string of the molecule is O=S(=O)(c1ccc(Cl)cc1)[C@@]1(c2cc(F)ccc2F)CCCC(O)CC1.O=S(=O)(c1ccc(Cl)cc1)[C@]1(c2cc(F)ccc2F)CCCCC(O)C1. The quantitative estimate of drug-likeness (QED) is 0.149. The zero-order valence-electron chi connectivity index (χ0n) is 27.9. The van der Waals surface area contributed by atoms with E-state index in [-0.39, 0.29) is 53.0 Å². The lowest BCUT2D eigenvalue weighted by Gasteiger charge is -2.34. The largest absolute Gasteiger partial charge is 0.393 e. The third kappa shape index (κ3) is 8.07. The predicted molar refractivity (Wildman–Crippen MR) is 192 cm³/mol. The molecule has 6 rings (SSSR count). The standard InChI is InChI=1S/2C19H19ClF2O3S/c20-13-3-6-16(7-4-13)26(24,25)19(10-1-2-15(23)9-11-19)17-12-14(21)5-8-18(17)22;20-13-4-7-16(8-5-13)26(24,25)19(10-2-1-3-15(23)12-19)17-11-14(21)6-9-18(17)22/h3-8,12,15,23H,1-2,9-11H2;4-9,11,15,23H,1-3,10,12H2/t2*15?,19-/m01/s1. The van der Waals surface area contributed by atoms with E-state index < -0.39 is 64.6 Å². The van der Waals surface area contributed by atoms with Crippen LogP contribution in [-0.4, -0.2) is 39.3 Å². The van der Waals surface area contributed by atoms with Crippen molar-refractivity contribution >= 4 is 42.9 Å². The lowest BCUT2D eigenvalue weighted by atomic mass is 9.89. The molecule has 4 atom stereocenters. The van der Waals surface area contributed by atoms with Crippen molar-refractivity contribution in [1.82, 2.24) is 0 Å². The molecule has 0 spiro atoms. The van der Waals surface area contributed by atoms with Crippen LogP contribution in [0.25, 0.3) is 0 Å². The second-order valence-corrected chi connectivity index (χ2v) is 18.7. The summed E-state index contributed by atoms with van der Waals surface area (Å²) in [6.07, 6.45) is 1.02. The van der Waals surface area contributed by atoms with Crippen LogP contribution in [0.15, 0.2) is 94.7 Å². The van der Waals surface area contributed by atoms with Gasteiger partial charge in [-0.25, -0.2) is 34.4 Å². The van der Waals surface area contributed by atoms with E-state index in [0.29, 0.717) is 42.1 Å². The topological polar surface area (TPSA) is 109 Å². The van der Waals surface area contributed by atoms with Crippen molar-refractivity contribution in [1.29, 1.82) is 0 Å². The van der Waals surface area contributed by atoms with Crippen molar-refractivity contribution in [2.45, 2.75) is 95.7 Å². The molecule has 0 aromatic heterocycles. The fourth-order valence-electron chi connectivity index (χ4n) is 7.36. The third-order valence-corrected chi connectivity index (χ3v) is 15.6. The van der Waals surface area contributed by atoms with Gasteiger partial charge in [-0.2, -0.15) is 0 Å². The number of hydrogen-bond donors (Lipinski definition) is 2. The molecule has 2 aliphatic rings. The van der Waals surface area contributed by atoms with Crippen LogP contribution in [0.1, 0.15) is 75.3 Å². The Morgan fingerprint density at radius 3 is 1.50 bits per heavy atom. The van der Waals surface area contributed by atoms with Gasteiger partial charge in [-0.1, -0.05) is 36.0 Å². The number of aliphatic hydroxyl groups is 2. The molecule has 0 bridgehead atoms.